The van der Waals surface area contributed by atoms with Crippen molar-refractivity contribution in [3.63, 3.8) is 0 Å². The molecule has 1 atom stereocenters. The average molecular weight is 385 g/mol. The summed E-state index contributed by atoms with van der Waals surface area (Å²) in [6, 6.07) is 3.97. The largest absolute Gasteiger partial charge is 0.496 e. The molecule has 0 spiro atoms. The van der Waals surface area contributed by atoms with Gasteiger partial charge < -0.3 is 4.74 Å². The van der Waals surface area contributed by atoms with E-state index in [0.717, 1.165) is 21.1 Å². The van der Waals surface area contributed by atoms with Gasteiger partial charge in [-0.2, -0.15) is 5.10 Å². The number of halogens is 2. The van der Waals surface area contributed by atoms with Crippen molar-refractivity contribution in [2.45, 2.75) is 0 Å². The van der Waals surface area contributed by atoms with Crippen molar-refractivity contribution in [1.82, 2.24) is 9.55 Å². The lowest BCUT2D eigenvalue weighted by Gasteiger charge is -2.03. The maximum Gasteiger partial charge on any atom is 0.133 e. The normalized spacial score (nSPS) is 11.6. The quantitative estimate of drug-likeness (QED) is 0.584. The summed E-state index contributed by atoms with van der Waals surface area (Å²) in [7, 11) is 1.66. The van der Waals surface area contributed by atoms with E-state index in [1.165, 1.54) is 0 Å². The van der Waals surface area contributed by atoms with Crippen molar-refractivity contribution >= 4 is 55.2 Å². The van der Waals surface area contributed by atoms with E-state index in [1.54, 1.807) is 7.11 Å². The summed E-state index contributed by atoms with van der Waals surface area (Å²) in [5.74, 6) is 0.842. The van der Waals surface area contributed by atoms with E-state index in [9.17, 15) is 0 Å². The molecular weight excluding hydrogens is 378 g/mol. The first-order valence-corrected chi connectivity index (χ1v) is 8.70. The number of ether oxygens (including phenoxy) is 1. The monoisotopic (exact) mass is 384 g/mol. The molecule has 2 rings (SSSR count). The molecule has 0 saturated carbocycles. The van der Waals surface area contributed by atoms with E-state index < -0.39 is 0 Å². The molecule has 0 N–H and O–H groups in total. The van der Waals surface area contributed by atoms with E-state index in [0.29, 0.717) is 6.37 Å². The number of benzene rings is 1. The van der Waals surface area contributed by atoms with Crippen molar-refractivity contribution in [2.24, 2.45) is 0 Å². The van der Waals surface area contributed by atoms with Crippen LogP contribution in [0.1, 0.15) is 0 Å². The van der Waals surface area contributed by atoms with Gasteiger partial charge in [-0.3, -0.25) is 0 Å². The van der Waals surface area contributed by atoms with Crippen molar-refractivity contribution in [1.29, 1.82) is 0 Å². The number of aromatic nitrogens is 2. The lowest BCUT2D eigenvalue weighted by atomic mass is 10.2. The number of nitrogens with zero attached hydrogens (tertiary/aromatic N) is 2. The second-order valence-corrected chi connectivity index (χ2v) is 5.49. The van der Waals surface area contributed by atoms with Gasteiger partial charge in [0.15, 0.2) is 0 Å². The van der Waals surface area contributed by atoms with Crippen LogP contribution >= 0.6 is 44.3 Å². The van der Waals surface area contributed by atoms with Crippen LogP contribution in [-0.4, -0.2) is 16.7 Å². The van der Waals surface area contributed by atoms with E-state index in [1.807, 2.05) is 22.8 Å². The van der Waals surface area contributed by atoms with Gasteiger partial charge in [0.25, 0.3) is 0 Å². The highest BCUT2D eigenvalue weighted by atomic mass is 127. The summed E-state index contributed by atoms with van der Waals surface area (Å²) in [5, 5.41) is 5.38. The van der Waals surface area contributed by atoms with Gasteiger partial charge in [0.05, 0.1) is 29.7 Å². The molecule has 1 heterocycles. The SMILES string of the molecule is COc1ccc2c(cnn2PI)c1Br. The highest BCUT2D eigenvalue weighted by Gasteiger charge is 2.09. The predicted molar refractivity (Wildman–Crippen MR) is 71.7 cm³/mol. The Kier molecular flexibility index (Phi) is 3.29. The molecule has 2 aromatic rings. The van der Waals surface area contributed by atoms with Crippen molar-refractivity contribution in [3.8, 4) is 5.75 Å². The second kappa shape index (κ2) is 4.33. The molecule has 0 radical (unpaired) electrons. The van der Waals surface area contributed by atoms with Crippen molar-refractivity contribution < 1.29 is 4.74 Å². The number of hydrogen-bond donors (Lipinski definition) is 0. The Balaban J connectivity index is 2.72. The van der Waals surface area contributed by atoms with Crippen LogP contribution in [0.4, 0.5) is 0 Å². The topological polar surface area (TPSA) is 27.1 Å². The van der Waals surface area contributed by atoms with E-state index in [2.05, 4.69) is 43.1 Å². The standard InChI is InChI=1S/C8H7BrIN2OP/c1-13-7-3-2-6-5(8(7)9)4-11-12(6)14-10/h2-4,14H,1H3. The van der Waals surface area contributed by atoms with Crippen LogP contribution in [0.25, 0.3) is 10.9 Å². The zero-order valence-corrected chi connectivity index (χ0v) is 12.0. The summed E-state index contributed by atoms with van der Waals surface area (Å²) in [6.45, 7) is 0. The van der Waals surface area contributed by atoms with Gasteiger partial charge in [0.2, 0.25) is 0 Å². The lowest BCUT2D eigenvalue weighted by molar-refractivity contribution is 0.413. The summed E-state index contributed by atoms with van der Waals surface area (Å²) >= 11 is 5.82. The van der Waals surface area contributed by atoms with Crippen LogP contribution in [0.3, 0.4) is 0 Å². The molecule has 74 valence electrons. The third-order valence-corrected chi connectivity index (χ3v) is 4.66. The summed E-state index contributed by atoms with van der Waals surface area (Å²) in [6.07, 6.45) is 2.47. The predicted octanol–water partition coefficient (Wildman–Crippen LogP) is 3.60. The van der Waals surface area contributed by atoms with Gasteiger partial charge >= 0.3 is 0 Å². The third kappa shape index (κ3) is 1.66. The Hall–Kier alpha value is 0.130. The molecule has 0 saturated heterocycles. The Morgan fingerprint density at radius 3 is 3.00 bits per heavy atom. The van der Waals surface area contributed by atoms with Crippen LogP contribution in [0.2, 0.25) is 0 Å². The third-order valence-electron chi connectivity index (χ3n) is 1.95. The van der Waals surface area contributed by atoms with Crippen LogP contribution in [0, 0.1) is 0 Å². The fraction of sp³-hybridized carbons (Fsp3) is 0.125. The minimum atomic E-state index is 0.616. The van der Waals surface area contributed by atoms with Gasteiger partial charge in [-0.05, 0) is 50.1 Å². The maximum atomic E-state index is 5.21. The summed E-state index contributed by atoms with van der Waals surface area (Å²) in [5.41, 5.74) is 1.13. The van der Waals surface area contributed by atoms with Crippen LogP contribution in [0.5, 0.6) is 5.75 Å². The van der Waals surface area contributed by atoms with Gasteiger partial charge in [0.1, 0.15) is 5.75 Å². The molecule has 0 bridgehead atoms. The van der Waals surface area contributed by atoms with E-state index >= 15 is 0 Å². The zero-order valence-electron chi connectivity index (χ0n) is 7.29. The molecule has 3 nitrogen and oxygen atoms in total. The minimum absolute atomic E-state index is 0.616. The van der Waals surface area contributed by atoms with Crippen LogP contribution in [0.15, 0.2) is 22.8 Å². The Labute approximate surface area is 105 Å². The van der Waals surface area contributed by atoms with Gasteiger partial charge in [-0.25, -0.2) is 4.45 Å². The molecule has 6 heteroatoms. The summed E-state index contributed by atoms with van der Waals surface area (Å²) < 4.78 is 8.16. The number of hydrogen-bond acceptors (Lipinski definition) is 2. The molecule has 0 aliphatic rings. The van der Waals surface area contributed by atoms with Crippen LogP contribution < -0.4 is 4.74 Å². The molecule has 0 amide bonds. The fourth-order valence-electron chi connectivity index (χ4n) is 1.27. The molecule has 1 aromatic carbocycles. The fourth-order valence-corrected chi connectivity index (χ4v) is 3.41. The lowest BCUT2D eigenvalue weighted by Crippen LogP contribution is -1.85. The smallest absolute Gasteiger partial charge is 0.133 e. The molecule has 1 unspecified atom stereocenters. The number of methoxy groups -OCH3 is 1. The molecule has 0 fully saturated rings. The van der Waals surface area contributed by atoms with Gasteiger partial charge in [-0.15, -0.1) is 0 Å². The first-order valence-electron chi connectivity index (χ1n) is 3.85. The first-order chi connectivity index (χ1) is 6.77. The minimum Gasteiger partial charge on any atom is -0.496 e. The highest BCUT2D eigenvalue weighted by Crippen LogP contribution is 2.36. The van der Waals surface area contributed by atoms with E-state index in [-0.39, 0.29) is 0 Å². The number of rotatable bonds is 2. The first kappa shape index (κ1) is 10.6. The molecule has 0 aliphatic carbocycles. The molecule has 0 aliphatic heterocycles. The highest BCUT2D eigenvalue weighted by molar-refractivity contribution is 14.2. The zero-order chi connectivity index (χ0) is 10.1. The summed E-state index contributed by atoms with van der Waals surface area (Å²) in [4.78, 5) is 0. The van der Waals surface area contributed by atoms with Crippen molar-refractivity contribution in [3.05, 3.63) is 22.8 Å². The average Bonchev–Trinajstić information content (AvgIpc) is 2.62. The van der Waals surface area contributed by atoms with Gasteiger partial charge in [-0.1, -0.05) is 0 Å². The Morgan fingerprint density at radius 2 is 2.36 bits per heavy atom. The van der Waals surface area contributed by atoms with Crippen LogP contribution in [-0.2, 0) is 0 Å². The Bertz CT molecular complexity index is 474. The van der Waals surface area contributed by atoms with Gasteiger partial charge in [0, 0.05) is 5.39 Å². The number of fused-ring (bicyclic) bond motifs is 1. The molecular formula is C8H7BrIN2OP. The van der Waals surface area contributed by atoms with E-state index in [4.69, 9.17) is 4.74 Å². The molecule has 14 heavy (non-hydrogen) atoms. The Morgan fingerprint density at radius 1 is 1.57 bits per heavy atom. The maximum absolute atomic E-state index is 5.21. The van der Waals surface area contributed by atoms with Crippen molar-refractivity contribution in [2.75, 3.05) is 7.11 Å². The molecule has 1 aromatic heterocycles. The second-order valence-electron chi connectivity index (χ2n) is 2.66.